The molecular weight excluding hydrogens is 156 g/mol. The summed E-state index contributed by atoms with van der Waals surface area (Å²) in [6.45, 7) is 4.36. The molecule has 0 aliphatic rings. The van der Waals surface area contributed by atoms with Crippen LogP contribution >= 0.6 is 0 Å². The molecule has 0 aliphatic heterocycles. The largest absolute Gasteiger partial charge is 0.463 e. The fourth-order valence-electron chi connectivity index (χ4n) is 0.735. The Balaban J connectivity index is 2.72. The quantitative estimate of drug-likeness (QED) is 0.713. The third-order valence-electron chi connectivity index (χ3n) is 1.18. The van der Waals surface area contributed by atoms with E-state index in [2.05, 4.69) is 15.0 Å². The minimum absolute atomic E-state index is 0.202. The van der Waals surface area contributed by atoms with E-state index < -0.39 is 0 Å². The molecule has 5 nitrogen and oxygen atoms in total. The summed E-state index contributed by atoms with van der Waals surface area (Å²) >= 11 is 0. The smallest absolute Gasteiger partial charge is 0.321 e. The van der Waals surface area contributed by atoms with E-state index in [-0.39, 0.29) is 5.95 Å². The van der Waals surface area contributed by atoms with Crippen molar-refractivity contribution in [3.05, 3.63) is 5.82 Å². The number of hydrogen-bond donors (Lipinski definition) is 1. The van der Waals surface area contributed by atoms with Crippen LogP contribution in [-0.2, 0) is 0 Å². The van der Waals surface area contributed by atoms with Crippen molar-refractivity contribution < 1.29 is 4.74 Å². The Morgan fingerprint density at radius 3 is 2.67 bits per heavy atom. The van der Waals surface area contributed by atoms with Gasteiger partial charge in [0.25, 0.3) is 0 Å². The fourth-order valence-corrected chi connectivity index (χ4v) is 0.735. The average molecular weight is 168 g/mol. The van der Waals surface area contributed by atoms with Gasteiger partial charge in [-0.05, 0) is 13.3 Å². The Hall–Kier alpha value is -1.39. The molecule has 0 spiro atoms. The second-order valence-corrected chi connectivity index (χ2v) is 2.37. The van der Waals surface area contributed by atoms with Crippen LogP contribution in [0.4, 0.5) is 5.95 Å². The van der Waals surface area contributed by atoms with Gasteiger partial charge in [-0.2, -0.15) is 15.0 Å². The summed E-state index contributed by atoms with van der Waals surface area (Å²) < 4.78 is 5.17. The second kappa shape index (κ2) is 3.85. The van der Waals surface area contributed by atoms with Crippen LogP contribution in [-0.4, -0.2) is 21.6 Å². The highest BCUT2D eigenvalue weighted by atomic mass is 16.5. The Labute approximate surface area is 71.0 Å². The van der Waals surface area contributed by atoms with Gasteiger partial charge >= 0.3 is 6.01 Å². The van der Waals surface area contributed by atoms with E-state index >= 15 is 0 Å². The SMILES string of the molecule is CCCOc1nc(C)nc(N)n1. The summed E-state index contributed by atoms with van der Waals surface area (Å²) in [6.07, 6.45) is 0.921. The standard InChI is InChI=1S/C7H12N4O/c1-3-4-12-7-10-5(2)9-6(8)11-7/h3-4H2,1-2H3,(H2,8,9,10,11). The Kier molecular flexibility index (Phi) is 2.79. The van der Waals surface area contributed by atoms with E-state index in [9.17, 15) is 0 Å². The van der Waals surface area contributed by atoms with E-state index in [1.807, 2.05) is 6.92 Å². The van der Waals surface area contributed by atoms with E-state index in [1.165, 1.54) is 0 Å². The molecule has 1 heterocycles. The lowest BCUT2D eigenvalue weighted by Crippen LogP contribution is -2.05. The van der Waals surface area contributed by atoms with Crippen LogP contribution in [0, 0.1) is 6.92 Å². The molecule has 0 fully saturated rings. The molecule has 66 valence electrons. The highest BCUT2D eigenvalue weighted by Crippen LogP contribution is 2.03. The number of aromatic nitrogens is 3. The van der Waals surface area contributed by atoms with E-state index in [0.717, 1.165) is 6.42 Å². The van der Waals surface area contributed by atoms with Gasteiger partial charge in [-0.3, -0.25) is 0 Å². The zero-order valence-electron chi connectivity index (χ0n) is 7.24. The maximum Gasteiger partial charge on any atom is 0.321 e. The molecular formula is C7H12N4O. The molecule has 1 aromatic rings. The van der Waals surface area contributed by atoms with E-state index in [4.69, 9.17) is 10.5 Å². The number of nitrogens with zero attached hydrogens (tertiary/aromatic N) is 3. The van der Waals surface area contributed by atoms with Crippen LogP contribution in [0.5, 0.6) is 6.01 Å². The molecule has 1 rings (SSSR count). The van der Waals surface area contributed by atoms with Gasteiger partial charge in [0.05, 0.1) is 6.61 Å². The molecule has 0 bridgehead atoms. The van der Waals surface area contributed by atoms with Crippen molar-refractivity contribution in [2.45, 2.75) is 20.3 Å². The molecule has 0 atom stereocenters. The number of rotatable bonds is 3. The van der Waals surface area contributed by atoms with Gasteiger partial charge in [0.15, 0.2) is 0 Å². The summed E-state index contributed by atoms with van der Waals surface area (Å²) in [7, 11) is 0. The van der Waals surface area contributed by atoms with Gasteiger partial charge in [-0.25, -0.2) is 0 Å². The Morgan fingerprint density at radius 2 is 2.08 bits per heavy atom. The minimum Gasteiger partial charge on any atom is -0.463 e. The minimum atomic E-state index is 0.202. The lowest BCUT2D eigenvalue weighted by molar-refractivity contribution is 0.291. The van der Waals surface area contributed by atoms with Crippen LogP contribution in [0.3, 0.4) is 0 Å². The lowest BCUT2D eigenvalue weighted by Gasteiger charge is -2.02. The third-order valence-corrected chi connectivity index (χ3v) is 1.18. The number of nitrogens with two attached hydrogens (primary N) is 1. The van der Waals surface area contributed by atoms with E-state index in [1.54, 1.807) is 6.92 Å². The van der Waals surface area contributed by atoms with Crippen molar-refractivity contribution in [3.8, 4) is 6.01 Å². The second-order valence-electron chi connectivity index (χ2n) is 2.37. The summed E-state index contributed by atoms with van der Waals surface area (Å²) in [5.41, 5.74) is 5.39. The Morgan fingerprint density at radius 1 is 1.33 bits per heavy atom. The first kappa shape index (κ1) is 8.70. The molecule has 0 unspecified atom stereocenters. The summed E-state index contributed by atoms with van der Waals surface area (Å²) in [6, 6.07) is 0.307. The summed E-state index contributed by atoms with van der Waals surface area (Å²) in [4.78, 5) is 11.6. The molecule has 5 heteroatoms. The average Bonchev–Trinajstić information content (AvgIpc) is 1.99. The van der Waals surface area contributed by atoms with Crippen LogP contribution in [0.25, 0.3) is 0 Å². The number of nitrogen functional groups attached to an aromatic ring is 1. The first-order chi connectivity index (χ1) is 5.72. The number of aryl methyl sites for hydroxylation is 1. The van der Waals surface area contributed by atoms with Gasteiger partial charge in [0, 0.05) is 0 Å². The first-order valence-corrected chi connectivity index (χ1v) is 3.83. The van der Waals surface area contributed by atoms with Gasteiger partial charge in [0.1, 0.15) is 5.82 Å². The normalized spacial score (nSPS) is 9.83. The predicted molar refractivity (Wildman–Crippen MR) is 44.8 cm³/mol. The van der Waals surface area contributed by atoms with Crippen LogP contribution < -0.4 is 10.5 Å². The molecule has 0 saturated carbocycles. The molecule has 0 aliphatic carbocycles. The fraction of sp³-hybridized carbons (Fsp3) is 0.571. The van der Waals surface area contributed by atoms with Gasteiger partial charge < -0.3 is 10.5 Å². The maximum atomic E-state index is 5.39. The van der Waals surface area contributed by atoms with Crippen LogP contribution in [0.15, 0.2) is 0 Å². The summed E-state index contributed by atoms with van der Waals surface area (Å²) in [5, 5.41) is 0. The predicted octanol–water partition coefficient (Wildman–Crippen LogP) is 0.551. The van der Waals surface area contributed by atoms with E-state index in [0.29, 0.717) is 18.4 Å². The number of ether oxygens (including phenoxy) is 1. The van der Waals surface area contributed by atoms with Gasteiger partial charge in [0.2, 0.25) is 5.95 Å². The zero-order valence-corrected chi connectivity index (χ0v) is 7.24. The van der Waals surface area contributed by atoms with Crippen molar-refractivity contribution in [2.75, 3.05) is 12.3 Å². The molecule has 0 radical (unpaired) electrons. The topological polar surface area (TPSA) is 73.9 Å². The van der Waals surface area contributed by atoms with Crippen LogP contribution in [0.1, 0.15) is 19.2 Å². The molecule has 0 amide bonds. The Bertz CT molecular complexity index is 243. The zero-order chi connectivity index (χ0) is 8.97. The number of hydrogen-bond acceptors (Lipinski definition) is 5. The van der Waals surface area contributed by atoms with Gasteiger partial charge in [-0.1, -0.05) is 6.92 Å². The third kappa shape index (κ3) is 2.34. The number of anilines is 1. The highest BCUT2D eigenvalue weighted by molar-refractivity contribution is 5.17. The van der Waals surface area contributed by atoms with Crippen molar-refractivity contribution in [2.24, 2.45) is 0 Å². The van der Waals surface area contributed by atoms with Gasteiger partial charge in [-0.15, -0.1) is 0 Å². The molecule has 1 aromatic heterocycles. The highest BCUT2D eigenvalue weighted by Gasteiger charge is 2.00. The monoisotopic (exact) mass is 168 g/mol. The van der Waals surface area contributed by atoms with Crippen molar-refractivity contribution >= 4 is 5.95 Å². The van der Waals surface area contributed by atoms with Crippen molar-refractivity contribution in [3.63, 3.8) is 0 Å². The van der Waals surface area contributed by atoms with Crippen LogP contribution in [0.2, 0.25) is 0 Å². The lowest BCUT2D eigenvalue weighted by atomic mass is 10.5. The van der Waals surface area contributed by atoms with Crippen molar-refractivity contribution in [1.82, 2.24) is 15.0 Å². The molecule has 0 saturated heterocycles. The molecule has 0 aromatic carbocycles. The molecule has 12 heavy (non-hydrogen) atoms. The summed E-state index contributed by atoms with van der Waals surface area (Å²) in [5.74, 6) is 0.780. The maximum absolute atomic E-state index is 5.39. The van der Waals surface area contributed by atoms with Crippen molar-refractivity contribution in [1.29, 1.82) is 0 Å². The molecule has 2 N–H and O–H groups in total. The first-order valence-electron chi connectivity index (χ1n) is 3.83.